The molecule has 3 rings (SSSR count). The van der Waals surface area contributed by atoms with E-state index in [1.165, 1.54) is 6.20 Å². The van der Waals surface area contributed by atoms with Crippen LogP contribution in [0.5, 0.6) is 0 Å². The summed E-state index contributed by atoms with van der Waals surface area (Å²) in [5.74, 6) is 0.225. The smallest absolute Gasteiger partial charge is 0.251 e. The van der Waals surface area contributed by atoms with Gasteiger partial charge in [0.25, 0.3) is 5.91 Å². The third-order valence-corrected chi connectivity index (χ3v) is 6.58. The number of rotatable bonds is 6. The van der Waals surface area contributed by atoms with E-state index in [2.05, 4.69) is 44.1 Å². The molecule has 0 bridgehead atoms. The van der Waals surface area contributed by atoms with Crippen molar-refractivity contribution in [3.8, 4) is 11.1 Å². The first-order chi connectivity index (χ1) is 15.5. The number of nitrogens with one attached hydrogen (secondary N) is 2. The first-order valence-corrected chi connectivity index (χ1v) is 11.7. The van der Waals surface area contributed by atoms with Crippen molar-refractivity contribution in [1.29, 1.82) is 0 Å². The van der Waals surface area contributed by atoms with E-state index in [0.29, 0.717) is 16.7 Å². The van der Waals surface area contributed by atoms with E-state index in [9.17, 15) is 9.59 Å². The topological polar surface area (TPSA) is 62.0 Å². The number of hydrogen-bond acceptors (Lipinski definition) is 2. The summed E-state index contributed by atoms with van der Waals surface area (Å²) in [5.41, 5.74) is 2.94. The molecule has 1 heterocycles. The van der Waals surface area contributed by atoms with Crippen LogP contribution in [0.3, 0.4) is 0 Å². The van der Waals surface area contributed by atoms with E-state index < -0.39 is 5.54 Å². The Balaban J connectivity index is 0.00000408. The minimum atomic E-state index is -0.833. The Morgan fingerprint density at radius 1 is 1.03 bits per heavy atom. The fourth-order valence-corrected chi connectivity index (χ4v) is 4.48. The number of aromatic amines is 1. The number of carbonyl (C=O) groups is 1. The van der Waals surface area contributed by atoms with E-state index in [1.807, 2.05) is 44.2 Å². The normalized spacial score (nSPS) is 11.5. The summed E-state index contributed by atoms with van der Waals surface area (Å²) < 4.78 is 0. The van der Waals surface area contributed by atoms with Crippen LogP contribution in [0.2, 0.25) is 10.0 Å². The number of carbonyl (C=O) groups excluding carboxylic acids is 1. The zero-order valence-electron chi connectivity index (χ0n) is 20.3. The molecule has 0 aliphatic rings. The zero-order chi connectivity index (χ0) is 24.5. The van der Waals surface area contributed by atoms with Crippen LogP contribution in [0.25, 0.3) is 11.1 Å². The molecular formula is C27H29Cl2HfN2O2-. The van der Waals surface area contributed by atoms with Gasteiger partial charge in [-0.2, -0.15) is 0 Å². The Labute approximate surface area is 230 Å². The largest absolute Gasteiger partial charge is 0.351 e. The Hall–Kier alpha value is -1.69. The van der Waals surface area contributed by atoms with Gasteiger partial charge in [0.2, 0.25) is 5.56 Å². The van der Waals surface area contributed by atoms with Crippen molar-refractivity contribution in [3.05, 3.63) is 91.3 Å². The summed E-state index contributed by atoms with van der Waals surface area (Å²) in [6.07, 6.45) is 1.36. The SMILES string of the molecule is CC(C)c1cccc(C(C)C)c1C(=O)NC(C)(C)c1ccc[c-]c1-c1c(Cl)c(Cl)c[nH]c1=O.[Hf]. The molecular weight excluding hydrogens is 634 g/mol. The second-order valence-corrected chi connectivity index (χ2v) is 10.1. The molecule has 3 aromatic rings. The maximum Gasteiger partial charge on any atom is 0.251 e. The standard InChI is InChI=1S/C27H29Cl2N2O2.Hf/c1-15(2)17-11-9-12-18(16(3)4)22(17)26(33)31-27(5,6)20-13-8-7-10-19(20)23-24(29)21(28)14-30-25(23)32;/h7-9,11-16H,1-6H3,(H,30,32)(H,31,33);/q-1;. The van der Waals surface area contributed by atoms with Crippen LogP contribution in [0.15, 0.2) is 47.4 Å². The van der Waals surface area contributed by atoms with E-state index in [0.717, 1.165) is 11.1 Å². The van der Waals surface area contributed by atoms with Crippen molar-refractivity contribution in [2.45, 2.75) is 58.9 Å². The predicted molar refractivity (Wildman–Crippen MR) is 136 cm³/mol. The Bertz CT molecular complexity index is 1220. The van der Waals surface area contributed by atoms with Crippen molar-refractivity contribution >= 4 is 29.1 Å². The minimum Gasteiger partial charge on any atom is -0.351 e. The van der Waals surface area contributed by atoms with Crippen molar-refractivity contribution in [3.63, 3.8) is 0 Å². The summed E-state index contributed by atoms with van der Waals surface area (Å²) in [4.78, 5) is 28.9. The maximum atomic E-state index is 13.7. The number of halogens is 2. The van der Waals surface area contributed by atoms with Gasteiger partial charge in [0.15, 0.2) is 0 Å². The summed E-state index contributed by atoms with van der Waals surface area (Å²) in [6.45, 7) is 12.1. The molecule has 2 aromatic carbocycles. The molecule has 7 heteroatoms. The van der Waals surface area contributed by atoms with Crippen LogP contribution in [-0.4, -0.2) is 10.9 Å². The van der Waals surface area contributed by atoms with Crippen LogP contribution in [-0.2, 0) is 31.4 Å². The molecule has 2 N–H and O–H groups in total. The third-order valence-electron chi connectivity index (χ3n) is 5.79. The Kier molecular flexibility index (Phi) is 9.54. The van der Waals surface area contributed by atoms with Crippen LogP contribution in [0.4, 0.5) is 0 Å². The van der Waals surface area contributed by atoms with Crippen molar-refractivity contribution in [2.24, 2.45) is 0 Å². The molecule has 0 aliphatic carbocycles. The second-order valence-electron chi connectivity index (χ2n) is 9.31. The molecule has 0 saturated carbocycles. The van der Waals surface area contributed by atoms with Gasteiger partial charge in [0.05, 0.1) is 5.02 Å². The molecule has 1 aromatic heterocycles. The fraction of sp³-hybridized carbons (Fsp3) is 0.333. The minimum absolute atomic E-state index is 0. The molecule has 34 heavy (non-hydrogen) atoms. The molecule has 0 fully saturated rings. The number of benzene rings is 2. The molecule has 178 valence electrons. The van der Waals surface area contributed by atoms with Gasteiger partial charge in [-0.1, -0.05) is 69.1 Å². The Morgan fingerprint density at radius 3 is 2.18 bits per heavy atom. The van der Waals surface area contributed by atoms with Gasteiger partial charge in [-0.25, -0.2) is 0 Å². The first-order valence-electron chi connectivity index (χ1n) is 11.0. The number of pyridine rings is 1. The average Bonchev–Trinajstić information content (AvgIpc) is 2.76. The third kappa shape index (κ3) is 5.75. The number of H-pyrrole nitrogens is 1. The van der Waals surface area contributed by atoms with E-state index >= 15 is 0 Å². The summed E-state index contributed by atoms with van der Waals surface area (Å²) in [7, 11) is 0. The molecule has 0 saturated heterocycles. The van der Waals surface area contributed by atoms with Crippen LogP contribution >= 0.6 is 23.2 Å². The van der Waals surface area contributed by atoms with Gasteiger partial charge in [0.1, 0.15) is 0 Å². The van der Waals surface area contributed by atoms with Crippen molar-refractivity contribution < 1.29 is 30.6 Å². The molecule has 4 nitrogen and oxygen atoms in total. The van der Waals surface area contributed by atoms with Gasteiger partial charge < -0.3 is 10.3 Å². The van der Waals surface area contributed by atoms with Gasteiger partial charge in [-0.05, 0) is 42.4 Å². The van der Waals surface area contributed by atoms with E-state index in [1.54, 1.807) is 6.07 Å². The molecule has 1 amide bonds. The van der Waals surface area contributed by atoms with E-state index in [-0.39, 0.29) is 64.8 Å². The quantitative estimate of drug-likeness (QED) is 0.219. The van der Waals surface area contributed by atoms with Crippen LogP contribution in [0.1, 0.15) is 80.4 Å². The summed E-state index contributed by atoms with van der Waals surface area (Å²) >= 11 is 12.6. The monoisotopic (exact) mass is 663 g/mol. The van der Waals surface area contributed by atoms with Gasteiger partial charge in [0, 0.05) is 48.2 Å². The Morgan fingerprint density at radius 2 is 1.62 bits per heavy atom. The van der Waals surface area contributed by atoms with Crippen LogP contribution < -0.4 is 10.9 Å². The van der Waals surface area contributed by atoms with Crippen molar-refractivity contribution in [1.82, 2.24) is 10.3 Å². The molecule has 0 atom stereocenters. The second kappa shape index (κ2) is 11.4. The van der Waals surface area contributed by atoms with Gasteiger partial charge >= 0.3 is 0 Å². The molecule has 0 radical (unpaired) electrons. The van der Waals surface area contributed by atoms with Gasteiger partial charge in [-0.15, -0.1) is 35.4 Å². The predicted octanol–water partition coefficient (Wildman–Crippen LogP) is 7.06. The van der Waals surface area contributed by atoms with Gasteiger partial charge in [-0.3, -0.25) is 9.59 Å². The van der Waals surface area contributed by atoms with Crippen molar-refractivity contribution in [2.75, 3.05) is 0 Å². The first kappa shape index (κ1) is 28.5. The average molecular weight is 663 g/mol. The molecule has 0 unspecified atom stereocenters. The number of hydrogen-bond donors (Lipinski definition) is 2. The molecule has 0 spiro atoms. The summed E-state index contributed by atoms with van der Waals surface area (Å²) in [6, 6.07) is 14.5. The molecule has 0 aliphatic heterocycles. The zero-order valence-corrected chi connectivity index (χ0v) is 25.4. The summed E-state index contributed by atoms with van der Waals surface area (Å²) in [5, 5.41) is 3.59. The van der Waals surface area contributed by atoms with Crippen LogP contribution in [0, 0.1) is 6.07 Å². The fourth-order valence-electron chi connectivity index (χ4n) is 4.10. The number of aromatic nitrogens is 1. The maximum absolute atomic E-state index is 13.7. The van der Waals surface area contributed by atoms with E-state index in [4.69, 9.17) is 23.2 Å². The number of amides is 1.